The summed E-state index contributed by atoms with van der Waals surface area (Å²) in [5, 5.41) is 10.1. The SMILES string of the molecule is CON(C)C(=O)COc1nc(C(C)(C)C)ccc1C#N. The molecule has 1 aromatic rings. The number of hydrogen-bond donors (Lipinski definition) is 0. The maximum Gasteiger partial charge on any atom is 0.283 e. The van der Waals surface area contributed by atoms with Crippen molar-refractivity contribution in [2.24, 2.45) is 0 Å². The van der Waals surface area contributed by atoms with E-state index in [1.807, 2.05) is 26.8 Å². The number of hydroxylamine groups is 2. The highest BCUT2D eigenvalue weighted by molar-refractivity contribution is 5.76. The van der Waals surface area contributed by atoms with Gasteiger partial charge in [0.05, 0.1) is 7.11 Å². The molecule has 0 saturated carbocycles. The molecule has 20 heavy (non-hydrogen) atoms. The summed E-state index contributed by atoms with van der Waals surface area (Å²) in [5.41, 5.74) is 0.921. The Labute approximate surface area is 118 Å². The standard InChI is InChI=1S/C14H19N3O3/c1-14(2,3)11-7-6-10(8-15)13(16-11)20-9-12(18)17(4)19-5/h6-7H,9H2,1-5H3. The molecule has 1 heterocycles. The molecule has 0 aromatic carbocycles. The van der Waals surface area contributed by atoms with Gasteiger partial charge in [0.1, 0.15) is 11.6 Å². The molecule has 108 valence electrons. The highest BCUT2D eigenvalue weighted by Gasteiger charge is 2.19. The predicted molar refractivity (Wildman–Crippen MR) is 72.9 cm³/mol. The van der Waals surface area contributed by atoms with Crippen LogP contribution in [0.5, 0.6) is 5.88 Å². The van der Waals surface area contributed by atoms with E-state index in [2.05, 4.69) is 4.98 Å². The van der Waals surface area contributed by atoms with E-state index in [9.17, 15) is 4.79 Å². The summed E-state index contributed by atoms with van der Waals surface area (Å²) < 4.78 is 5.34. The Morgan fingerprint density at radius 1 is 1.45 bits per heavy atom. The fourth-order valence-electron chi connectivity index (χ4n) is 1.38. The smallest absolute Gasteiger partial charge is 0.283 e. The van der Waals surface area contributed by atoms with Crippen LogP contribution in [0.25, 0.3) is 0 Å². The largest absolute Gasteiger partial charge is 0.467 e. The van der Waals surface area contributed by atoms with E-state index in [4.69, 9.17) is 14.8 Å². The van der Waals surface area contributed by atoms with Crippen LogP contribution in [0.2, 0.25) is 0 Å². The highest BCUT2D eigenvalue weighted by atomic mass is 16.7. The number of aromatic nitrogens is 1. The van der Waals surface area contributed by atoms with E-state index in [1.54, 1.807) is 12.1 Å². The van der Waals surface area contributed by atoms with Gasteiger partial charge in [-0.05, 0) is 12.1 Å². The Balaban J connectivity index is 2.93. The first-order valence-electron chi connectivity index (χ1n) is 6.14. The molecule has 0 radical (unpaired) electrons. The Hall–Kier alpha value is -2.13. The van der Waals surface area contributed by atoms with Crippen molar-refractivity contribution in [3.05, 3.63) is 23.4 Å². The molecule has 0 unspecified atom stereocenters. The van der Waals surface area contributed by atoms with Crippen LogP contribution in [0.3, 0.4) is 0 Å². The Bertz CT molecular complexity index is 529. The lowest BCUT2D eigenvalue weighted by Crippen LogP contribution is -2.30. The lowest BCUT2D eigenvalue weighted by Gasteiger charge is -2.19. The molecular formula is C14H19N3O3. The summed E-state index contributed by atoms with van der Waals surface area (Å²) in [6, 6.07) is 5.43. The minimum atomic E-state index is -0.362. The monoisotopic (exact) mass is 277 g/mol. The number of likely N-dealkylation sites (N-methyl/N-ethyl adjacent to an activating group) is 1. The molecule has 0 atom stereocenters. The average Bonchev–Trinajstić information content (AvgIpc) is 2.42. The van der Waals surface area contributed by atoms with Gasteiger partial charge in [-0.2, -0.15) is 5.26 Å². The summed E-state index contributed by atoms with van der Waals surface area (Å²) in [5.74, 6) is -0.197. The normalized spacial score (nSPS) is 10.8. The van der Waals surface area contributed by atoms with Crippen molar-refractivity contribution in [2.75, 3.05) is 20.8 Å². The van der Waals surface area contributed by atoms with Crippen LogP contribution in [0.15, 0.2) is 12.1 Å². The van der Waals surface area contributed by atoms with Gasteiger partial charge in [0.25, 0.3) is 5.91 Å². The second-order valence-electron chi connectivity index (χ2n) is 5.27. The summed E-state index contributed by atoms with van der Waals surface area (Å²) >= 11 is 0. The molecule has 1 amide bonds. The topological polar surface area (TPSA) is 75.4 Å². The summed E-state index contributed by atoms with van der Waals surface area (Å²) in [6.45, 7) is 5.79. The third-order valence-electron chi connectivity index (χ3n) is 2.71. The van der Waals surface area contributed by atoms with Gasteiger partial charge in [-0.15, -0.1) is 0 Å². The van der Waals surface area contributed by atoms with Crippen LogP contribution in [0, 0.1) is 11.3 Å². The number of nitriles is 1. The van der Waals surface area contributed by atoms with Gasteiger partial charge in [0, 0.05) is 18.2 Å². The molecule has 0 spiro atoms. The Morgan fingerprint density at radius 2 is 2.10 bits per heavy atom. The molecule has 6 nitrogen and oxygen atoms in total. The molecule has 0 aliphatic carbocycles. The molecule has 6 heteroatoms. The van der Waals surface area contributed by atoms with Crippen molar-refractivity contribution in [1.29, 1.82) is 5.26 Å². The van der Waals surface area contributed by atoms with E-state index in [0.717, 1.165) is 10.8 Å². The minimum absolute atomic E-state index is 0.165. The number of amides is 1. The molecule has 1 rings (SSSR count). The zero-order valence-electron chi connectivity index (χ0n) is 12.4. The number of carbonyl (C=O) groups excluding carboxylic acids is 1. The summed E-state index contributed by atoms with van der Waals surface area (Å²) in [7, 11) is 2.87. The van der Waals surface area contributed by atoms with E-state index in [1.165, 1.54) is 14.2 Å². The van der Waals surface area contributed by atoms with Crippen molar-refractivity contribution in [2.45, 2.75) is 26.2 Å². The number of carbonyl (C=O) groups is 1. The van der Waals surface area contributed by atoms with Crippen molar-refractivity contribution in [1.82, 2.24) is 10.0 Å². The van der Waals surface area contributed by atoms with Gasteiger partial charge >= 0.3 is 0 Å². The highest BCUT2D eigenvalue weighted by Crippen LogP contribution is 2.24. The van der Waals surface area contributed by atoms with Gasteiger partial charge in [-0.3, -0.25) is 9.63 Å². The molecule has 0 aliphatic rings. The summed E-state index contributed by atoms with van der Waals surface area (Å²) in [4.78, 5) is 20.7. The third kappa shape index (κ3) is 3.93. The lowest BCUT2D eigenvalue weighted by molar-refractivity contribution is -0.170. The Kier molecular flexibility index (Phi) is 5.06. The van der Waals surface area contributed by atoms with E-state index in [-0.39, 0.29) is 23.8 Å². The zero-order chi connectivity index (χ0) is 15.3. The molecule has 0 aliphatic heterocycles. The number of rotatable bonds is 4. The quantitative estimate of drug-likeness (QED) is 0.782. The number of ether oxygens (including phenoxy) is 1. The van der Waals surface area contributed by atoms with Crippen LogP contribution >= 0.6 is 0 Å². The Morgan fingerprint density at radius 3 is 2.60 bits per heavy atom. The molecule has 0 saturated heterocycles. The second kappa shape index (κ2) is 6.35. The number of pyridine rings is 1. The first kappa shape index (κ1) is 15.9. The van der Waals surface area contributed by atoms with Gasteiger partial charge in [-0.25, -0.2) is 10.0 Å². The number of nitrogens with zero attached hydrogens (tertiary/aromatic N) is 3. The third-order valence-corrected chi connectivity index (χ3v) is 2.71. The van der Waals surface area contributed by atoms with Gasteiger partial charge in [0.15, 0.2) is 6.61 Å². The fourth-order valence-corrected chi connectivity index (χ4v) is 1.38. The van der Waals surface area contributed by atoms with Crippen LogP contribution in [-0.2, 0) is 15.0 Å². The molecule has 0 N–H and O–H groups in total. The number of hydrogen-bond acceptors (Lipinski definition) is 5. The maximum absolute atomic E-state index is 11.6. The van der Waals surface area contributed by atoms with Crippen molar-refractivity contribution >= 4 is 5.91 Å². The second-order valence-corrected chi connectivity index (χ2v) is 5.27. The van der Waals surface area contributed by atoms with Crippen molar-refractivity contribution in [3.8, 4) is 11.9 Å². The first-order valence-corrected chi connectivity index (χ1v) is 6.14. The molecule has 0 bridgehead atoms. The van der Waals surface area contributed by atoms with E-state index < -0.39 is 0 Å². The van der Waals surface area contributed by atoms with Gasteiger partial charge < -0.3 is 4.74 Å². The van der Waals surface area contributed by atoms with E-state index in [0.29, 0.717) is 5.56 Å². The molecule has 1 aromatic heterocycles. The maximum atomic E-state index is 11.6. The molecular weight excluding hydrogens is 258 g/mol. The predicted octanol–water partition coefficient (Wildman–Crippen LogP) is 1.65. The first-order chi connectivity index (χ1) is 9.29. The van der Waals surface area contributed by atoms with Crippen LogP contribution in [-0.4, -0.2) is 36.7 Å². The van der Waals surface area contributed by atoms with Crippen LogP contribution < -0.4 is 4.74 Å². The van der Waals surface area contributed by atoms with Crippen molar-refractivity contribution < 1.29 is 14.4 Å². The van der Waals surface area contributed by atoms with Crippen LogP contribution in [0.1, 0.15) is 32.0 Å². The lowest BCUT2D eigenvalue weighted by atomic mass is 9.91. The zero-order valence-corrected chi connectivity index (χ0v) is 12.4. The van der Waals surface area contributed by atoms with Gasteiger partial charge in [-0.1, -0.05) is 20.8 Å². The summed E-state index contributed by atoms with van der Waals surface area (Å²) in [6.07, 6.45) is 0. The molecule has 0 fully saturated rings. The fraction of sp³-hybridized carbons (Fsp3) is 0.500. The van der Waals surface area contributed by atoms with Gasteiger partial charge in [0.2, 0.25) is 5.88 Å². The van der Waals surface area contributed by atoms with E-state index >= 15 is 0 Å². The minimum Gasteiger partial charge on any atom is -0.467 e. The average molecular weight is 277 g/mol. The van der Waals surface area contributed by atoms with Crippen LogP contribution in [0.4, 0.5) is 0 Å². The van der Waals surface area contributed by atoms with Crippen molar-refractivity contribution in [3.63, 3.8) is 0 Å².